The van der Waals surface area contributed by atoms with Crippen molar-refractivity contribution >= 4 is 10.0 Å². The van der Waals surface area contributed by atoms with Crippen LogP contribution in [0.15, 0.2) is 23.1 Å². The molecule has 0 atom stereocenters. The molecule has 6 heteroatoms. The van der Waals surface area contributed by atoms with Gasteiger partial charge in [-0.1, -0.05) is 0 Å². The van der Waals surface area contributed by atoms with E-state index >= 15 is 0 Å². The van der Waals surface area contributed by atoms with Crippen molar-refractivity contribution in [1.82, 2.24) is 4.31 Å². The van der Waals surface area contributed by atoms with Gasteiger partial charge in [-0.05, 0) is 43.5 Å². The Bertz CT molecular complexity index is 611. The number of aliphatic hydroxyl groups is 1. The summed E-state index contributed by atoms with van der Waals surface area (Å²) in [6.45, 7) is 2.39. The van der Waals surface area contributed by atoms with E-state index in [2.05, 4.69) is 0 Å². The number of hydrogen-bond acceptors (Lipinski definition) is 4. The summed E-state index contributed by atoms with van der Waals surface area (Å²) in [5.74, 6) is 0. The second-order valence-corrected chi connectivity index (χ2v) is 6.66. The first kappa shape index (κ1) is 14.0. The van der Waals surface area contributed by atoms with Crippen LogP contribution in [0.4, 0.5) is 0 Å². The van der Waals surface area contributed by atoms with Gasteiger partial charge in [-0.3, -0.25) is 0 Å². The molecule has 1 N–H and O–H groups in total. The van der Waals surface area contributed by atoms with Gasteiger partial charge in [0.15, 0.2) is 0 Å². The van der Waals surface area contributed by atoms with Gasteiger partial charge in [-0.15, -0.1) is 0 Å². The highest BCUT2D eigenvalue weighted by Crippen LogP contribution is 2.22. The molecule has 0 spiro atoms. The largest absolute Gasteiger partial charge is 0.393 e. The van der Waals surface area contributed by atoms with Gasteiger partial charge in [0.1, 0.15) is 0 Å². The number of aryl methyl sites for hydroxylation is 1. The zero-order valence-corrected chi connectivity index (χ0v) is 11.5. The third-order valence-corrected chi connectivity index (χ3v) is 5.27. The Hall–Kier alpha value is -1.42. The lowest BCUT2D eigenvalue weighted by molar-refractivity contribution is 0.113. The zero-order valence-electron chi connectivity index (χ0n) is 10.7. The third-order valence-electron chi connectivity index (χ3n) is 3.38. The molecule has 1 aliphatic heterocycles. The van der Waals surface area contributed by atoms with E-state index in [0.717, 1.165) is 0 Å². The van der Waals surface area contributed by atoms with E-state index in [1.807, 2.05) is 6.07 Å². The van der Waals surface area contributed by atoms with E-state index in [-0.39, 0.29) is 4.90 Å². The van der Waals surface area contributed by atoms with Crippen LogP contribution in [0, 0.1) is 18.3 Å². The maximum atomic E-state index is 12.4. The van der Waals surface area contributed by atoms with Gasteiger partial charge in [0.2, 0.25) is 10.0 Å². The Labute approximate surface area is 113 Å². The number of piperidine rings is 1. The zero-order chi connectivity index (χ0) is 14.0. The number of nitriles is 1. The molecule has 2 rings (SSSR count). The van der Waals surface area contributed by atoms with Crippen LogP contribution >= 0.6 is 0 Å². The lowest BCUT2D eigenvalue weighted by Gasteiger charge is -2.28. The lowest BCUT2D eigenvalue weighted by atomic mass is 10.1. The molecule has 1 aliphatic rings. The summed E-state index contributed by atoms with van der Waals surface area (Å²) in [5, 5.41) is 18.3. The molecule has 0 aromatic heterocycles. The van der Waals surface area contributed by atoms with Crippen molar-refractivity contribution in [2.24, 2.45) is 0 Å². The van der Waals surface area contributed by atoms with Crippen molar-refractivity contribution in [2.75, 3.05) is 13.1 Å². The summed E-state index contributed by atoms with van der Waals surface area (Å²) in [7, 11) is -3.52. The minimum atomic E-state index is -3.52. The number of rotatable bonds is 2. The van der Waals surface area contributed by atoms with Crippen molar-refractivity contribution in [2.45, 2.75) is 30.8 Å². The Kier molecular flexibility index (Phi) is 3.90. The van der Waals surface area contributed by atoms with Gasteiger partial charge < -0.3 is 5.11 Å². The predicted octanol–water partition coefficient (Wildman–Crippen LogP) is 1.01. The Balaban J connectivity index is 2.30. The molecule has 1 fully saturated rings. The summed E-state index contributed by atoms with van der Waals surface area (Å²) >= 11 is 0. The Morgan fingerprint density at radius 3 is 2.53 bits per heavy atom. The fraction of sp³-hybridized carbons (Fsp3) is 0.462. The smallest absolute Gasteiger partial charge is 0.243 e. The van der Waals surface area contributed by atoms with E-state index in [4.69, 9.17) is 5.26 Å². The monoisotopic (exact) mass is 280 g/mol. The van der Waals surface area contributed by atoms with Crippen LogP contribution in [-0.4, -0.2) is 37.0 Å². The molecular weight excluding hydrogens is 264 g/mol. The summed E-state index contributed by atoms with van der Waals surface area (Å²) < 4.78 is 26.2. The van der Waals surface area contributed by atoms with Crippen molar-refractivity contribution in [1.29, 1.82) is 5.26 Å². The number of hydrogen-bond donors (Lipinski definition) is 1. The third kappa shape index (κ3) is 2.78. The Morgan fingerprint density at radius 1 is 1.37 bits per heavy atom. The molecular formula is C13H16N2O3S. The van der Waals surface area contributed by atoms with Gasteiger partial charge in [0, 0.05) is 13.1 Å². The second kappa shape index (κ2) is 5.29. The van der Waals surface area contributed by atoms with E-state index in [1.165, 1.54) is 22.5 Å². The molecule has 0 saturated carbocycles. The first-order valence-corrected chi connectivity index (χ1v) is 7.58. The SMILES string of the molecule is Cc1cc(S(=O)(=O)N2CCC(O)CC2)ccc1C#N. The minimum absolute atomic E-state index is 0.209. The van der Waals surface area contributed by atoms with Crippen molar-refractivity contribution in [3.63, 3.8) is 0 Å². The normalized spacial score (nSPS) is 18.2. The van der Waals surface area contributed by atoms with Crippen molar-refractivity contribution in [3.8, 4) is 6.07 Å². The maximum absolute atomic E-state index is 12.4. The van der Waals surface area contributed by atoms with Gasteiger partial charge in [-0.2, -0.15) is 9.57 Å². The highest BCUT2D eigenvalue weighted by atomic mass is 32.2. The number of sulfonamides is 1. The van der Waals surface area contributed by atoms with Crippen molar-refractivity contribution < 1.29 is 13.5 Å². The molecule has 1 aromatic rings. The summed E-state index contributed by atoms with van der Waals surface area (Å²) in [6.07, 6.45) is 0.525. The summed E-state index contributed by atoms with van der Waals surface area (Å²) in [5.41, 5.74) is 1.13. The van der Waals surface area contributed by atoms with Gasteiger partial charge >= 0.3 is 0 Å². The fourth-order valence-electron chi connectivity index (χ4n) is 2.15. The highest BCUT2D eigenvalue weighted by molar-refractivity contribution is 7.89. The van der Waals surface area contributed by atoms with Crippen LogP contribution in [0.25, 0.3) is 0 Å². The molecule has 5 nitrogen and oxygen atoms in total. The van der Waals surface area contributed by atoms with E-state index in [0.29, 0.717) is 37.1 Å². The molecule has 1 saturated heterocycles. The van der Waals surface area contributed by atoms with Crippen molar-refractivity contribution in [3.05, 3.63) is 29.3 Å². The molecule has 0 aliphatic carbocycles. The van der Waals surface area contributed by atoms with Crippen LogP contribution in [0.2, 0.25) is 0 Å². The summed E-state index contributed by atoms with van der Waals surface area (Å²) in [4.78, 5) is 0.209. The number of aliphatic hydroxyl groups excluding tert-OH is 1. The van der Waals surface area contributed by atoms with E-state index in [9.17, 15) is 13.5 Å². The second-order valence-electron chi connectivity index (χ2n) is 4.72. The molecule has 1 heterocycles. The molecule has 0 amide bonds. The number of nitrogens with zero attached hydrogens (tertiary/aromatic N) is 2. The highest BCUT2D eigenvalue weighted by Gasteiger charge is 2.28. The quantitative estimate of drug-likeness (QED) is 0.876. The van der Waals surface area contributed by atoms with Crippen LogP contribution in [0.1, 0.15) is 24.0 Å². The van der Waals surface area contributed by atoms with Gasteiger partial charge in [-0.25, -0.2) is 8.42 Å². The fourth-order valence-corrected chi connectivity index (χ4v) is 3.71. The van der Waals surface area contributed by atoms with Gasteiger partial charge in [0.05, 0.1) is 22.6 Å². The molecule has 19 heavy (non-hydrogen) atoms. The van der Waals surface area contributed by atoms with E-state index in [1.54, 1.807) is 6.92 Å². The molecule has 0 unspecified atom stereocenters. The first-order valence-electron chi connectivity index (χ1n) is 6.14. The van der Waals surface area contributed by atoms with Crippen LogP contribution in [0.3, 0.4) is 0 Å². The topological polar surface area (TPSA) is 81.4 Å². The molecule has 102 valence electrons. The van der Waals surface area contributed by atoms with Crippen LogP contribution in [-0.2, 0) is 10.0 Å². The maximum Gasteiger partial charge on any atom is 0.243 e. The average molecular weight is 280 g/mol. The predicted molar refractivity (Wildman–Crippen MR) is 69.9 cm³/mol. The minimum Gasteiger partial charge on any atom is -0.393 e. The molecule has 0 bridgehead atoms. The lowest BCUT2D eigenvalue weighted by Crippen LogP contribution is -2.40. The average Bonchev–Trinajstić information content (AvgIpc) is 2.39. The standard InChI is InChI=1S/C13H16N2O3S/c1-10-8-13(3-2-11(10)9-14)19(17,18)15-6-4-12(16)5-7-15/h2-3,8,12,16H,4-7H2,1H3. The van der Waals surface area contributed by atoms with Crippen LogP contribution in [0.5, 0.6) is 0 Å². The van der Waals surface area contributed by atoms with Gasteiger partial charge in [0.25, 0.3) is 0 Å². The first-order chi connectivity index (χ1) is 8.95. The summed E-state index contributed by atoms with van der Waals surface area (Å²) in [6, 6.07) is 6.54. The molecule has 1 aromatic carbocycles. The van der Waals surface area contributed by atoms with E-state index < -0.39 is 16.1 Å². The Morgan fingerprint density at radius 2 is 2.00 bits per heavy atom. The number of benzene rings is 1. The molecule has 0 radical (unpaired) electrons. The van der Waals surface area contributed by atoms with Crippen LogP contribution < -0.4 is 0 Å².